The number of hydrogen-bond donors (Lipinski definition) is 1. The summed E-state index contributed by atoms with van der Waals surface area (Å²) in [6, 6.07) is 0.763. The van der Waals surface area contributed by atoms with Crippen LogP contribution in [0.15, 0.2) is 5.38 Å². The van der Waals surface area contributed by atoms with Crippen molar-refractivity contribution in [3.05, 3.63) is 11.1 Å². The summed E-state index contributed by atoms with van der Waals surface area (Å²) in [6.45, 7) is 6.47. The maximum atomic E-state index is 4.64. The first-order chi connectivity index (χ1) is 7.65. The second-order valence-electron chi connectivity index (χ2n) is 5.05. The normalized spacial score (nSPS) is 15.8. The Bertz CT molecular complexity index is 331. The van der Waals surface area contributed by atoms with Gasteiger partial charge in [-0.2, -0.15) is 0 Å². The Labute approximate surface area is 102 Å². The van der Waals surface area contributed by atoms with Crippen LogP contribution in [0.2, 0.25) is 0 Å². The molecule has 1 aliphatic rings. The number of hydrogen-bond acceptors (Lipinski definition) is 4. The molecule has 1 saturated carbocycles. The zero-order valence-corrected chi connectivity index (χ0v) is 11.2. The molecule has 0 amide bonds. The van der Waals surface area contributed by atoms with Gasteiger partial charge in [0.2, 0.25) is 0 Å². The molecule has 1 heterocycles. The maximum Gasteiger partial charge on any atom is 0.185 e. The van der Waals surface area contributed by atoms with E-state index < -0.39 is 0 Å². The predicted octanol–water partition coefficient (Wildman–Crippen LogP) is 2.49. The maximum absolute atomic E-state index is 4.64. The summed E-state index contributed by atoms with van der Waals surface area (Å²) in [6.07, 6.45) is 2.68. The molecule has 1 N–H and O–H groups in total. The molecular weight excluding hydrogens is 218 g/mol. The number of aromatic nitrogens is 1. The lowest BCUT2D eigenvalue weighted by molar-refractivity contribution is 0.635. The van der Waals surface area contributed by atoms with E-state index in [9.17, 15) is 0 Å². The fourth-order valence-electron chi connectivity index (χ4n) is 1.71. The minimum atomic E-state index is 0.682. The average Bonchev–Trinajstić information content (AvgIpc) is 2.92. The van der Waals surface area contributed by atoms with Gasteiger partial charge in [-0.25, -0.2) is 4.98 Å². The molecule has 0 aromatic carbocycles. The molecule has 1 aliphatic carbocycles. The Hall–Kier alpha value is -0.610. The highest BCUT2D eigenvalue weighted by molar-refractivity contribution is 7.13. The molecule has 1 fully saturated rings. The molecule has 1 aromatic heterocycles. The van der Waals surface area contributed by atoms with Crippen LogP contribution in [0.1, 0.15) is 32.4 Å². The summed E-state index contributed by atoms with van der Waals surface area (Å²) in [5.74, 6) is 0.682. The zero-order chi connectivity index (χ0) is 11.5. The van der Waals surface area contributed by atoms with Crippen LogP contribution in [0.3, 0.4) is 0 Å². The van der Waals surface area contributed by atoms with Crippen LogP contribution >= 0.6 is 11.3 Å². The van der Waals surface area contributed by atoms with Crippen LogP contribution in [-0.2, 0) is 6.54 Å². The largest absolute Gasteiger partial charge is 0.351 e. The smallest absolute Gasteiger partial charge is 0.185 e. The van der Waals surface area contributed by atoms with Crippen molar-refractivity contribution in [1.82, 2.24) is 10.3 Å². The highest BCUT2D eigenvalue weighted by Gasteiger charge is 2.20. The van der Waals surface area contributed by atoms with Gasteiger partial charge < -0.3 is 10.2 Å². The van der Waals surface area contributed by atoms with Crippen LogP contribution in [0.25, 0.3) is 0 Å². The third-order valence-corrected chi connectivity index (χ3v) is 3.66. The van der Waals surface area contributed by atoms with Gasteiger partial charge in [-0.1, -0.05) is 13.8 Å². The molecule has 0 radical (unpaired) electrons. The molecule has 0 saturated heterocycles. The lowest BCUT2D eigenvalue weighted by Crippen LogP contribution is -2.22. The van der Waals surface area contributed by atoms with Gasteiger partial charge in [0.25, 0.3) is 0 Å². The van der Waals surface area contributed by atoms with Crippen molar-refractivity contribution >= 4 is 16.5 Å². The minimum Gasteiger partial charge on any atom is -0.351 e. The van der Waals surface area contributed by atoms with Crippen LogP contribution < -0.4 is 10.2 Å². The number of thiazole rings is 1. The van der Waals surface area contributed by atoms with Gasteiger partial charge in [0.1, 0.15) is 0 Å². The van der Waals surface area contributed by atoms with E-state index in [4.69, 9.17) is 0 Å². The molecule has 0 atom stereocenters. The summed E-state index contributed by atoms with van der Waals surface area (Å²) < 4.78 is 0. The Kier molecular flexibility index (Phi) is 3.82. The number of rotatable bonds is 6. The molecule has 3 nitrogen and oxygen atoms in total. The second kappa shape index (κ2) is 5.15. The van der Waals surface area contributed by atoms with E-state index in [-0.39, 0.29) is 0 Å². The molecule has 4 heteroatoms. The van der Waals surface area contributed by atoms with E-state index >= 15 is 0 Å². The second-order valence-corrected chi connectivity index (χ2v) is 5.89. The van der Waals surface area contributed by atoms with Gasteiger partial charge in [-0.05, 0) is 18.8 Å². The van der Waals surface area contributed by atoms with Crippen LogP contribution in [0, 0.1) is 5.92 Å². The first kappa shape index (κ1) is 11.9. The van der Waals surface area contributed by atoms with E-state index in [0.717, 1.165) is 24.3 Å². The summed E-state index contributed by atoms with van der Waals surface area (Å²) in [5, 5.41) is 6.80. The molecule has 16 heavy (non-hydrogen) atoms. The fourth-order valence-corrected chi connectivity index (χ4v) is 2.52. The van der Waals surface area contributed by atoms with E-state index in [1.807, 2.05) is 0 Å². The van der Waals surface area contributed by atoms with Gasteiger partial charge in [-0.3, -0.25) is 0 Å². The van der Waals surface area contributed by atoms with Gasteiger partial charge in [0.15, 0.2) is 5.13 Å². The van der Waals surface area contributed by atoms with E-state index in [2.05, 4.69) is 41.5 Å². The van der Waals surface area contributed by atoms with Gasteiger partial charge >= 0.3 is 0 Å². The van der Waals surface area contributed by atoms with Crippen LogP contribution in [0.5, 0.6) is 0 Å². The molecule has 0 unspecified atom stereocenters. The van der Waals surface area contributed by atoms with E-state index in [1.165, 1.54) is 18.5 Å². The lowest BCUT2D eigenvalue weighted by Gasteiger charge is -2.17. The Balaban J connectivity index is 1.84. The van der Waals surface area contributed by atoms with Crippen molar-refractivity contribution in [2.45, 2.75) is 39.3 Å². The summed E-state index contributed by atoms with van der Waals surface area (Å²) >= 11 is 1.75. The Morgan fingerprint density at radius 2 is 2.31 bits per heavy atom. The fraction of sp³-hybridized carbons (Fsp3) is 0.750. The van der Waals surface area contributed by atoms with Crippen molar-refractivity contribution in [1.29, 1.82) is 0 Å². The monoisotopic (exact) mass is 239 g/mol. The van der Waals surface area contributed by atoms with Gasteiger partial charge in [0.05, 0.1) is 5.69 Å². The van der Waals surface area contributed by atoms with Gasteiger partial charge in [0, 0.05) is 31.6 Å². The minimum absolute atomic E-state index is 0.682. The van der Waals surface area contributed by atoms with Crippen molar-refractivity contribution in [2.75, 3.05) is 18.5 Å². The van der Waals surface area contributed by atoms with Crippen LogP contribution in [0.4, 0.5) is 5.13 Å². The molecular formula is C12H21N3S. The van der Waals surface area contributed by atoms with E-state index in [1.54, 1.807) is 11.3 Å². The number of nitrogens with one attached hydrogen (secondary N) is 1. The molecule has 2 rings (SSSR count). The SMILES string of the molecule is CC(C)CN(C)c1nc(CNC2CC2)cs1. The van der Waals surface area contributed by atoms with E-state index in [0.29, 0.717) is 5.92 Å². The van der Waals surface area contributed by atoms with Crippen LogP contribution in [-0.4, -0.2) is 24.6 Å². The topological polar surface area (TPSA) is 28.2 Å². The first-order valence-electron chi connectivity index (χ1n) is 6.04. The number of nitrogens with zero attached hydrogens (tertiary/aromatic N) is 2. The third-order valence-electron chi connectivity index (χ3n) is 2.65. The van der Waals surface area contributed by atoms with Gasteiger partial charge in [-0.15, -0.1) is 11.3 Å². The molecule has 1 aromatic rings. The predicted molar refractivity (Wildman–Crippen MR) is 70.1 cm³/mol. The highest BCUT2D eigenvalue weighted by atomic mass is 32.1. The van der Waals surface area contributed by atoms with Crippen molar-refractivity contribution in [3.8, 4) is 0 Å². The van der Waals surface area contributed by atoms with Crippen molar-refractivity contribution in [2.24, 2.45) is 5.92 Å². The van der Waals surface area contributed by atoms with Crippen molar-refractivity contribution < 1.29 is 0 Å². The molecule has 0 spiro atoms. The highest BCUT2D eigenvalue weighted by Crippen LogP contribution is 2.22. The molecule has 90 valence electrons. The molecule has 0 bridgehead atoms. The average molecular weight is 239 g/mol. The third kappa shape index (κ3) is 3.46. The summed E-state index contributed by atoms with van der Waals surface area (Å²) in [5.41, 5.74) is 1.18. The van der Waals surface area contributed by atoms with Crippen molar-refractivity contribution in [3.63, 3.8) is 0 Å². The Morgan fingerprint density at radius 1 is 1.56 bits per heavy atom. The summed E-state index contributed by atoms with van der Waals surface area (Å²) in [7, 11) is 2.12. The first-order valence-corrected chi connectivity index (χ1v) is 6.92. The Morgan fingerprint density at radius 3 is 2.94 bits per heavy atom. The lowest BCUT2D eigenvalue weighted by atomic mass is 10.2. The quantitative estimate of drug-likeness (QED) is 0.826. The number of anilines is 1. The standard InChI is InChI=1S/C12H21N3S/c1-9(2)7-15(3)12-14-11(8-16-12)6-13-10-4-5-10/h8-10,13H,4-7H2,1-3H3. The zero-order valence-electron chi connectivity index (χ0n) is 10.4. The molecule has 0 aliphatic heterocycles. The summed E-state index contributed by atoms with van der Waals surface area (Å²) in [4.78, 5) is 6.89.